The largest absolute Gasteiger partial charge is 0.543 e. The van der Waals surface area contributed by atoms with Gasteiger partial charge in [0.25, 0.3) is 0 Å². The van der Waals surface area contributed by atoms with Crippen LogP contribution in [0.3, 0.4) is 0 Å². The van der Waals surface area contributed by atoms with E-state index in [1.165, 1.54) is 0 Å². The van der Waals surface area contributed by atoms with Gasteiger partial charge in [0.05, 0.1) is 5.69 Å². The molecule has 3 rings (SSSR count). The number of aryl methyl sites for hydroxylation is 2. The third kappa shape index (κ3) is 4.29. The second-order valence-corrected chi connectivity index (χ2v) is 11.8. The molecule has 0 aliphatic heterocycles. The Kier molecular flexibility index (Phi) is 5.09. The molecule has 0 atom stereocenters. The zero-order valence-electron chi connectivity index (χ0n) is 16.0. The Hall–Kier alpha value is -2.66. The van der Waals surface area contributed by atoms with Crippen LogP contribution in [-0.4, -0.2) is 23.9 Å². The minimum atomic E-state index is -1.76. The summed E-state index contributed by atoms with van der Waals surface area (Å²) < 4.78 is 8.17. The van der Waals surface area contributed by atoms with Crippen LogP contribution in [0.1, 0.15) is 16.8 Å². The lowest BCUT2D eigenvalue weighted by atomic mass is 10.2. The molecule has 1 aromatic heterocycles. The first-order valence-electron chi connectivity index (χ1n) is 8.79. The quantitative estimate of drug-likeness (QED) is 0.356. The standard InChI is InChI=1S/C21H25N3OSi/c1-16-10-9-13-19(20(16)25-26(3,4)5)22-21(18-11-7-6-8-12-18)24-15-14-17(2)23-24/h6-15H,1-5H3. The molecule has 0 radical (unpaired) electrons. The molecule has 0 aliphatic carbocycles. The van der Waals surface area contributed by atoms with Gasteiger partial charge in [0.2, 0.25) is 8.32 Å². The molecule has 0 saturated heterocycles. The lowest BCUT2D eigenvalue weighted by Crippen LogP contribution is -2.29. The molecule has 0 aliphatic rings. The average molecular weight is 364 g/mol. The van der Waals surface area contributed by atoms with Crippen LogP contribution in [0.5, 0.6) is 5.75 Å². The van der Waals surface area contributed by atoms with E-state index in [0.29, 0.717) is 0 Å². The molecule has 1 heterocycles. The molecule has 5 heteroatoms. The SMILES string of the molecule is Cc1ccn(C(=Nc2cccc(C)c2O[Si](C)(C)C)c2ccccc2)n1. The first-order chi connectivity index (χ1) is 12.3. The van der Waals surface area contributed by atoms with Gasteiger partial charge < -0.3 is 4.43 Å². The highest BCUT2D eigenvalue weighted by atomic mass is 28.4. The first kappa shape index (κ1) is 18.1. The summed E-state index contributed by atoms with van der Waals surface area (Å²) in [7, 11) is -1.76. The van der Waals surface area contributed by atoms with Gasteiger partial charge in [-0.05, 0) is 51.2 Å². The summed E-state index contributed by atoms with van der Waals surface area (Å²) in [5, 5.41) is 4.56. The lowest BCUT2D eigenvalue weighted by molar-refractivity contribution is 0.554. The van der Waals surface area contributed by atoms with Crippen molar-refractivity contribution in [1.82, 2.24) is 9.78 Å². The molecule has 0 bridgehead atoms. The highest BCUT2D eigenvalue weighted by Crippen LogP contribution is 2.33. The zero-order chi connectivity index (χ0) is 18.7. The van der Waals surface area contributed by atoms with Gasteiger partial charge in [-0.1, -0.05) is 42.5 Å². The van der Waals surface area contributed by atoms with Gasteiger partial charge in [-0.15, -0.1) is 0 Å². The Labute approximate surface area is 156 Å². The minimum absolute atomic E-state index is 0.782. The monoisotopic (exact) mass is 363 g/mol. The van der Waals surface area contributed by atoms with Crippen LogP contribution < -0.4 is 4.43 Å². The van der Waals surface area contributed by atoms with Crippen LogP contribution in [0.2, 0.25) is 19.6 Å². The van der Waals surface area contributed by atoms with E-state index in [-0.39, 0.29) is 0 Å². The molecule has 0 amide bonds. The van der Waals surface area contributed by atoms with Gasteiger partial charge >= 0.3 is 0 Å². The number of rotatable bonds is 4. The molecule has 0 spiro atoms. The molecule has 134 valence electrons. The molecular formula is C21H25N3OSi. The van der Waals surface area contributed by atoms with Crippen LogP contribution in [0.15, 0.2) is 65.8 Å². The third-order valence-corrected chi connectivity index (χ3v) is 4.61. The minimum Gasteiger partial charge on any atom is -0.543 e. The number of hydrogen-bond acceptors (Lipinski definition) is 3. The van der Waals surface area contributed by atoms with Gasteiger partial charge in [-0.3, -0.25) is 0 Å². The van der Waals surface area contributed by atoms with Crippen molar-refractivity contribution in [3.8, 4) is 5.75 Å². The summed E-state index contributed by atoms with van der Waals surface area (Å²) in [5.74, 6) is 1.65. The van der Waals surface area contributed by atoms with Crippen molar-refractivity contribution in [2.75, 3.05) is 0 Å². The first-order valence-corrected chi connectivity index (χ1v) is 12.2. The third-order valence-electron chi connectivity index (χ3n) is 3.80. The molecule has 0 saturated carbocycles. The van der Waals surface area contributed by atoms with Crippen molar-refractivity contribution in [3.63, 3.8) is 0 Å². The number of hydrogen-bond donors (Lipinski definition) is 0. The van der Waals surface area contributed by atoms with E-state index < -0.39 is 8.32 Å². The highest BCUT2D eigenvalue weighted by molar-refractivity contribution is 6.70. The lowest BCUT2D eigenvalue weighted by Gasteiger charge is -2.22. The smallest absolute Gasteiger partial charge is 0.242 e. The van der Waals surface area contributed by atoms with E-state index in [1.54, 1.807) is 0 Å². The van der Waals surface area contributed by atoms with E-state index in [0.717, 1.165) is 34.1 Å². The predicted octanol–water partition coefficient (Wildman–Crippen LogP) is 5.34. The molecule has 4 nitrogen and oxygen atoms in total. The zero-order valence-corrected chi connectivity index (χ0v) is 17.0. The summed E-state index contributed by atoms with van der Waals surface area (Å²) in [6, 6.07) is 18.2. The molecular weight excluding hydrogens is 338 g/mol. The maximum atomic E-state index is 6.34. The van der Waals surface area contributed by atoms with Gasteiger partial charge in [-0.25, -0.2) is 9.67 Å². The molecule has 2 aromatic carbocycles. The van der Waals surface area contributed by atoms with Crippen molar-refractivity contribution in [2.24, 2.45) is 4.99 Å². The Morgan fingerprint density at radius 3 is 2.31 bits per heavy atom. The van der Waals surface area contributed by atoms with Crippen molar-refractivity contribution in [2.45, 2.75) is 33.5 Å². The highest BCUT2D eigenvalue weighted by Gasteiger charge is 2.20. The summed E-state index contributed by atoms with van der Waals surface area (Å²) in [5.41, 5.74) is 3.89. The van der Waals surface area contributed by atoms with Crippen molar-refractivity contribution >= 4 is 19.8 Å². The summed E-state index contributed by atoms with van der Waals surface area (Å²) >= 11 is 0. The summed E-state index contributed by atoms with van der Waals surface area (Å²) in [4.78, 5) is 4.97. The number of para-hydroxylation sites is 1. The Morgan fingerprint density at radius 2 is 1.69 bits per heavy atom. The van der Waals surface area contributed by atoms with Crippen LogP contribution in [-0.2, 0) is 0 Å². The topological polar surface area (TPSA) is 39.4 Å². The van der Waals surface area contributed by atoms with E-state index >= 15 is 0 Å². The van der Waals surface area contributed by atoms with E-state index in [1.807, 2.05) is 66.3 Å². The van der Waals surface area contributed by atoms with Crippen LogP contribution in [0.25, 0.3) is 0 Å². The van der Waals surface area contributed by atoms with Crippen molar-refractivity contribution in [1.29, 1.82) is 0 Å². The Bertz CT molecular complexity index is 924. The van der Waals surface area contributed by atoms with Gasteiger partial charge in [0.15, 0.2) is 5.84 Å². The Morgan fingerprint density at radius 1 is 0.962 bits per heavy atom. The number of aromatic nitrogens is 2. The number of aliphatic imine (C=N–C) groups is 1. The van der Waals surface area contributed by atoms with Crippen molar-refractivity contribution < 1.29 is 4.43 Å². The maximum Gasteiger partial charge on any atom is 0.242 e. The molecule has 26 heavy (non-hydrogen) atoms. The van der Waals surface area contributed by atoms with E-state index in [4.69, 9.17) is 9.42 Å². The molecule has 0 N–H and O–H groups in total. The second kappa shape index (κ2) is 7.29. The molecule has 3 aromatic rings. The number of benzene rings is 2. The fourth-order valence-corrected chi connectivity index (χ4v) is 3.52. The molecule has 0 unspecified atom stereocenters. The fourth-order valence-electron chi connectivity index (χ4n) is 2.65. The second-order valence-electron chi connectivity index (χ2n) is 7.34. The fraction of sp³-hybridized carbons (Fsp3) is 0.238. The van der Waals surface area contributed by atoms with Gasteiger partial charge in [0, 0.05) is 11.8 Å². The summed E-state index contributed by atoms with van der Waals surface area (Å²) in [6.45, 7) is 10.6. The van der Waals surface area contributed by atoms with Crippen LogP contribution in [0, 0.1) is 13.8 Å². The Balaban J connectivity index is 2.17. The van der Waals surface area contributed by atoms with Gasteiger partial charge in [0.1, 0.15) is 11.4 Å². The number of nitrogens with zero attached hydrogens (tertiary/aromatic N) is 3. The maximum absolute atomic E-state index is 6.34. The van der Waals surface area contributed by atoms with Crippen LogP contribution >= 0.6 is 0 Å². The average Bonchev–Trinajstić information content (AvgIpc) is 3.01. The van der Waals surface area contributed by atoms with Gasteiger partial charge in [-0.2, -0.15) is 5.10 Å². The van der Waals surface area contributed by atoms with E-state index in [9.17, 15) is 0 Å². The van der Waals surface area contributed by atoms with Crippen molar-refractivity contribution in [3.05, 3.63) is 77.6 Å². The van der Waals surface area contributed by atoms with Crippen LogP contribution in [0.4, 0.5) is 5.69 Å². The normalized spacial score (nSPS) is 12.3. The van der Waals surface area contributed by atoms with E-state index in [2.05, 4.69) is 37.7 Å². The predicted molar refractivity (Wildman–Crippen MR) is 110 cm³/mol. The summed E-state index contributed by atoms with van der Waals surface area (Å²) in [6.07, 6.45) is 1.94. The molecule has 0 fully saturated rings.